The average molecular weight is 473 g/mol. The van der Waals surface area contributed by atoms with E-state index in [-0.39, 0.29) is 23.6 Å². The number of H-pyrrole nitrogens is 1. The van der Waals surface area contributed by atoms with Crippen LogP contribution in [0.3, 0.4) is 0 Å². The molecular formula is C21H18Cl2N6O3. The van der Waals surface area contributed by atoms with Crippen molar-refractivity contribution in [2.24, 2.45) is 0 Å². The second-order valence-electron chi connectivity index (χ2n) is 6.75. The molecule has 2 amide bonds. The van der Waals surface area contributed by atoms with E-state index in [1.807, 2.05) is 6.92 Å². The fraction of sp³-hybridized carbons (Fsp3) is 0.143. The van der Waals surface area contributed by atoms with Crippen LogP contribution in [0.25, 0.3) is 11.3 Å². The summed E-state index contributed by atoms with van der Waals surface area (Å²) in [5.41, 5.74) is 1.67. The molecule has 164 valence electrons. The summed E-state index contributed by atoms with van der Waals surface area (Å²) in [7, 11) is 0. The molecule has 11 heteroatoms. The average Bonchev–Trinajstić information content (AvgIpc) is 3.52. The number of carbonyl (C=O) groups is 2. The van der Waals surface area contributed by atoms with Crippen molar-refractivity contribution < 1.29 is 14.0 Å². The van der Waals surface area contributed by atoms with Crippen LogP contribution >= 0.6 is 23.2 Å². The van der Waals surface area contributed by atoms with Gasteiger partial charge in [0.2, 0.25) is 0 Å². The van der Waals surface area contributed by atoms with Gasteiger partial charge in [-0.15, -0.1) is 0 Å². The van der Waals surface area contributed by atoms with E-state index in [0.29, 0.717) is 33.6 Å². The Balaban J connectivity index is 1.51. The highest BCUT2D eigenvalue weighted by Crippen LogP contribution is 2.29. The number of carbonyl (C=O) groups excluding carboxylic acids is 2. The molecule has 0 saturated heterocycles. The third kappa shape index (κ3) is 4.68. The number of hydrogen-bond acceptors (Lipinski definition) is 5. The Kier molecular flexibility index (Phi) is 6.29. The molecule has 3 heterocycles. The highest BCUT2D eigenvalue weighted by Gasteiger charge is 2.20. The lowest BCUT2D eigenvalue weighted by Crippen LogP contribution is -2.25. The van der Waals surface area contributed by atoms with Gasteiger partial charge in [-0.1, -0.05) is 23.2 Å². The summed E-state index contributed by atoms with van der Waals surface area (Å²) in [6, 6.07) is 10.0. The number of anilines is 1. The molecule has 0 radical (unpaired) electrons. The minimum absolute atomic E-state index is 0.0900. The lowest BCUT2D eigenvalue weighted by Gasteiger charge is -2.05. The van der Waals surface area contributed by atoms with Gasteiger partial charge < -0.3 is 15.1 Å². The number of aromatic nitrogens is 4. The van der Waals surface area contributed by atoms with Crippen LogP contribution in [0, 0.1) is 0 Å². The van der Waals surface area contributed by atoms with Gasteiger partial charge in [0.15, 0.2) is 5.69 Å². The topological polar surface area (TPSA) is 118 Å². The predicted molar refractivity (Wildman–Crippen MR) is 120 cm³/mol. The van der Waals surface area contributed by atoms with Gasteiger partial charge in [-0.25, -0.2) is 0 Å². The molecule has 0 aliphatic carbocycles. The van der Waals surface area contributed by atoms with E-state index in [1.165, 1.54) is 6.26 Å². The molecule has 32 heavy (non-hydrogen) atoms. The summed E-state index contributed by atoms with van der Waals surface area (Å²) in [4.78, 5) is 25.4. The van der Waals surface area contributed by atoms with Gasteiger partial charge in [-0.2, -0.15) is 10.2 Å². The van der Waals surface area contributed by atoms with Crippen molar-refractivity contribution in [1.29, 1.82) is 0 Å². The number of aromatic amines is 1. The van der Waals surface area contributed by atoms with Crippen LogP contribution in [-0.4, -0.2) is 31.8 Å². The summed E-state index contributed by atoms with van der Waals surface area (Å²) in [5.74, 6) is -0.323. The molecule has 1 aromatic carbocycles. The van der Waals surface area contributed by atoms with Gasteiger partial charge in [0.25, 0.3) is 11.8 Å². The Bertz CT molecular complexity index is 1260. The first-order valence-corrected chi connectivity index (χ1v) is 10.4. The number of halogens is 2. The van der Waals surface area contributed by atoms with Crippen LogP contribution in [0.15, 0.2) is 53.3 Å². The fourth-order valence-electron chi connectivity index (χ4n) is 2.97. The van der Waals surface area contributed by atoms with E-state index in [2.05, 4.69) is 25.9 Å². The Morgan fingerprint density at radius 3 is 2.75 bits per heavy atom. The van der Waals surface area contributed by atoms with Crippen molar-refractivity contribution in [3.63, 3.8) is 0 Å². The van der Waals surface area contributed by atoms with E-state index in [1.54, 1.807) is 47.3 Å². The standard InChI is InChI=1S/C21H18Cl2N6O3/c1-2-29-11-18(19(28-29)21(31)24-10-13-4-3-7-32-13)25-20(30)17-9-16(26-27-17)14-6-5-12(22)8-15(14)23/h3-9,11H,2,10H2,1H3,(H,24,31)(H,25,30)(H,26,27). The maximum Gasteiger partial charge on any atom is 0.274 e. The summed E-state index contributed by atoms with van der Waals surface area (Å²) in [6.07, 6.45) is 3.11. The highest BCUT2D eigenvalue weighted by atomic mass is 35.5. The quantitative estimate of drug-likeness (QED) is 0.368. The molecule has 0 fully saturated rings. The molecule has 3 N–H and O–H groups in total. The zero-order valence-corrected chi connectivity index (χ0v) is 18.4. The van der Waals surface area contributed by atoms with Crippen molar-refractivity contribution in [3.8, 4) is 11.3 Å². The van der Waals surface area contributed by atoms with E-state index < -0.39 is 11.8 Å². The number of hydrogen-bond donors (Lipinski definition) is 3. The Morgan fingerprint density at radius 2 is 2.03 bits per heavy atom. The summed E-state index contributed by atoms with van der Waals surface area (Å²) in [5, 5.41) is 17.4. The van der Waals surface area contributed by atoms with Gasteiger partial charge >= 0.3 is 0 Å². The van der Waals surface area contributed by atoms with Crippen LogP contribution in [0.2, 0.25) is 10.0 Å². The molecule has 0 bridgehead atoms. The number of aryl methyl sites for hydroxylation is 1. The SMILES string of the molecule is CCn1cc(NC(=O)c2cc(-c3ccc(Cl)cc3Cl)n[nH]2)c(C(=O)NCc2ccco2)n1. The van der Waals surface area contributed by atoms with Gasteiger partial charge in [-0.3, -0.25) is 19.4 Å². The van der Waals surface area contributed by atoms with Gasteiger partial charge in [-0.05, 0) is 43.3 Å². The largest absolute Gasteiger partial charge is 0.467 e. The van der Waals surface area contributed by atoms with E-state index in [9.17, 15) is 9.59 Å². The number of nitrogens with zero attached hydrogens (tertiary/aromatic N) is 3. The lowest BCUT2D eigenvalue weighted by molar-refractivity contribution is 0.0943. The van der Waals surface area contributed by atoms with Crippen molar-refractivity contribution in [2.75, 3.05) is 5.32 Å². The lowest BCUT2D eigenvalue weighted by atomic mass is 10.1. The monoisotopic (exact) mass is 472 g/mol. The van der Waals surface area contributed by atoms with Crippen molar-refractivity contribution in [3.05, 3.63) is 76.1 Å². The minimum Gasteiger partial charge on any atom is -0.467 e. The van der Waals surface area contributed by atoms with Crippen molar-refractivity contribution >= 4 is 40.7 Å². The van der Waals surface area contributed by atoms with Crippen LogP contribution < -0.4 is 10.6 Å². The summed E-state index contributed by atoms with van der Waals surface area (Å²) < 4.78 is 6.77. The molecule has 4 rings (SSSR count). The Morgan fingerprint density at radius 1 is 1.19 bits per heavy atom. The van der Waals surface area contributed by atoms with Gasteiger partial charge in [0, 0.05) is 23.3 Å². The van der Waals surface area contributed by atoms with Gasteiger partial charge in [0.05, 0.1) is 29.2 Å². The molecule has 9 nitrogen and oxygen atoms in total. The van der Waals surface area contributed by atoms with Crippen molar-refractivity contribution in [1.82, 2.24) is 25.3 Å². The summed E-state index contributed by atoms with van der Waals surface area (Å²) in [6.45, 7) is 2.60. The first-order chi connectivity index (χ1) is 15.4. The second-order valence-corrected chi connectivity index (χ2v) is 7.60. The number of benzene rings is 1. The number of furan rings is 1. The van der Waals surface area contributed by atoms with E-state index in [0.717, 1.165) is 0 Å². The molecule has 0 aliphatic heterocycles. The molecule has 4 aromatic rings. The molecule has 3 aromatic heterocycles. The smallest absolute Gasteiger partial charge is 0.274 e. The van der Waals surface area contributed by atoms with Crippen LogP contribution in [-0.2, 0) is 13.1 Å². The fourth-order valence-corrected chi connectivity index (χ4v) is 3.47. The molecule has 0 atom stereocenters. The molecule has 0 spiro atoms. The van der Waals surface area contributed by atoms with E-state index >= 15 is 0 Å². The zero-order valence-electron chi connectivity index (χ0n) is 16.9. The van der Waals surface area contributed by atoms with Gasteiger partial charge in [0.1, 0.15) is 11.5 Å². The minimum atomic E-state index is -0.482. The third-order valence-corrected chi connectivity index (χ3v) is 5.13. The molecule has 0 saturated carbocycles. The first kappa shape index (κ1) is 21.7. The molecule has 0 aliphatic rings. The zero-order chi connectivity index (χ0) is 22.7. The maximum atomic E-state index is 12.8. The number of rotatable bonds is 7. The number of amides is 2. The second kappa shape index (κ2) is 9.29. The van der Waals surface area contributed by atoms with Crippen molar-refractivity contribution in [2.45, 2.75) is 20.0 Å². The predicted octanol–water partition coefficient (Wildman–Crippen LogP) is 4.38. The summed E-state index contributed by atoms with van der Waals surface area (Å²) >= 11 is 12.2. The molecular weight excluding hydrogens is 455 g/mol. The first-order valence-electron chi connectivity index (χ1n) is 9.64. The van der Waals surface area contributed by atoms with Crippen LogP contribution in [0.4, 0.5) is 5.69 Å². The van der Waals surface area contributed by atoms with Crippen LogP contribution in [0.1, 0.15) is 33.7 Å². The third-order valence-electron chi connectivity index (χ3n) is 4.58. The Labute approximate surface area is 192 Å². The Hall–Kier alpha value is -3.56. The number of nitrogens with one attached hydrogen (secondary N) is 3. The molecule has 0 unspecified atom stereocenters. The maximum absolute atomic E-state index is 12.8. The normalized spacial score (nSPS) is 10.8. The van der Waals surface area contributed by atoms with E-state index in [4.69, 9.17) is 27.6 Å². The van der Waals surface area contributed by atoms with Crippen LogP contribution in [0.5, 0.6) is 0 Å². The highest BCUT2D eigenvalue weighted by molar-refractivity contribution is 6.36.